The maximum atomic E-state index is 6.18. The van der Waals surface area contributed by atoms with Gasteiger partial charge in [-0.1, -0.05) is 84.9 Å². The van der Waals surface area contributed by atoms with Crippen LogP contribution < -0.4 is 10.6 Å². The number of piperazine rings is 1. The van der Waals surface area contributed by atoms with Crippen molar-refractivity contribution in [3.8, 4) is 0 Å². The van der Waals surface area contributed by atoms with E-state index in [2.05, 4.69) is 101 Å². The Morgan fingerprint density at radius 1 is 0.690 bits per heavy atom. The van der Waals surface area contributed by atoms with Gasteiger partial charge in [-0.2, -0.15) is 0 Å². The molecule has 3 aromatic carbocycles. The Bertz CT molecular complexity index is 896. The van der Waals surface area contributed by atoms with Crippen LogP contribution in [0.4, 0.5) is 5.69 Å². The minimum atomic E-state index is 0.278. The van der Waals surface area contributed by atoms with Crippen molar-refractivity contribution in [2.75, 3.05) is 37.6 Å². The van der Waals surface area contributed by atoms with Gasteiger partial charge in [0.1, 0.15) is 0 Å². The largest absolute Gasteiger partial charge is 0.369 e. The van der Waals surface area contributed by atoms with Crippen LogP contribution in [0.3, 0.4) is 0 Å². The van der Waals surface area contributed by atoms with Gasteiger partial charge < -0.3 is 10.6 Å². The standard InChI is InChI=1S/C26H29N3/c27-21-26(29-19-17-28(18-20-29)25-9-5-2-6-10-25)24-15-13-23(14-16-24)12-11-22-7-3-1-4-8-22/h1-16,26H,17-21,27H2/b12-11-. The van der Waals surface area contributed by atoms with Crippen LogP contribution in [0, 0.1) is 0 Å². The summed E-state index contributed by atoms with van der Waals surface area (Å²) < 4.78 is 0. The lowest BCUT2D eigenvalue weighted by Crippen LogP contribution is -2.49. The van der Waals surface area contributed by atoms with E-state index in [-0.39, 0.29) is 6.04 Å². The Morgan fingerprint density at radius 3 is 1.83 bits per heavy atom. The SMILES string of the molecule is NCC(c1ccc(/C=C\c2ccccc2)cc1)N1CCN(c2ccccc2)CC1. The second-order valence-electron chi connectivity index (χ2n) is 7.52. The normalized spacial score (nSPS) is 16.2. The van der Waals surface area contributed by atoms with Crippen LogP contribution in [0.2, 0.25) is 0 Å². The minimum absolute atomic E-state index is 0.278. The van der Waals surface area contributed by atoms with E-state index in [1.54, 1.807) is 0 Å². The number of anilines is 1. The molecule has 1 heterocycles. The Morgan fingerprint density at radius 2 is 1.24 bits per heavy atom. The third-order valence-corrected chi connectivity index (χ3v) is 5.69. The molecule has 3 heteroatoms. The summed E-state index contributed by atoms with van der Waals surface area (Å²) in [5, 5.41) is 0. The summed E-state index contributed by atoms with van der Waals surface area (Å²) in [6.45, 7) is 4.79. The van der Waals surface area contributed by atoms with Gasteiger partial charge in [-0.25, -0.2) is 0 Å². The highest BCUT2D eigenvalue weighted by molar-refractivity contribution is 5.69. The van der Waals surface area contributed by atoms with Gasteiger partial charge in [-0.15, -0.1) is 0 Å². The molecule has 0 bridgehead atoms. The molecule has 3 aromatic rings. The molecule has 29 heavy (non-hydrogen) atoms. The van der Waals surface area contributed by atoms with E-state index in [4.69, 9.17) is 5.73 Å². The Balaban J connectivity index is 1.39. The van der Waals surface area contributed by atoms with Gasteiger partial charge >= 0.3 is 0 Å². The zero-order valence-electron chi connectivity index (χ0n) is 16.8. The predicted molar refractivity (Wildman–Crippen MR) is 124 cm³/mol. The summed E-state index contributed by atoms with van der Waals surface area (Å²) in [5.41, 5.74) is 11.2. The molecule has 148 valence electrons. The average molecular weight is 384 g/mol. The fraction of sp³-hybridized carbons (Fsp3) is 0.231. The first-order valence-electron chi connectivity index (χ1n) is 10.4. The van der Waals surface area contributed by atoms with Gasteiger partial charge in [0.15, 0.2) is 0 Å². The number of nitrogens with zero attached hydrogens (tertiary/aromatic N) is 2. The average Bonchev–Trinajstić information content (AvgIpc) is 2.81. The maximum absolute atomic E-state index is 6.18. The van der Waals surface area contributed by atoms with E-state index in [0.29, 0.717) is 6.54 Å². The second-order valence-corrected chi connectivity index (χ2v) is 7.52. The van der Waals surface area contributed by atoms with Crippen molar-refractivity contribution >= 4 is 17.8 Å². The van der Waals surface area contributed by atoms with Gasteiger partial charge in [0.2, 0.25) is 0 Å². The molecule has 0 radical (unpaired) electrons. The van der Waals surface area contributed by atoms with E-state index < -0.39 is 0 Å². The van der Waals surface area contributed by atoms with Gasteiger partial charge in [0, 0.05) is 44.5 Å². The summed E-state index contributed by atoms with van der Waals surface area (Å²) >= 11 is 0. The molecule has 1 atom stereocenters. The number of rotatable bonds is 6. The molecule has 0 amide bonds. The molecule has 3 nitrogen and oxygen atoms in total. The van der Waals surface area contributed by atoms with Crippen molar-refractivity contribution < 1.29 is 0 Å². The van der Waals surface area contributed by atoms with E-state index in [0.717, 1.165) is 26.2 Å². The number of benzene rings is 3. The highest BCUT2D eigenvalue weighted by Crippen LogP contribution is 2.24. The van der Waals surface area contributed by atoms with Crippen LogP contribution in [-0.4, -0.2) is 37.6 Å². The van der Waals surface area contributed by atoms with Crippen LogP contribution >= 0.6 is 0 Å². The molecule has 0 spiro atoms. The molecule has 0 aliphatic carbocycles. The Kier molecular flexibility index (Phi) is 6.40. The number of para-hydroxylation sites is 1. The second kappa shape index (κ2) is 9.55. The molecule has 0 saturated carbocycles. The molecule has 0 aromatic heterocycles. The first kappa shape index (κ1) is 19.4. The highest BCUT2D eigenvalue weighted by Gasteiger charge is 2.24. The van der Waals surface area contributed by atoms with Gasteiger partial charge in [0.05, 0.1) is 0 Å². The molecule has 1 aliphatic heterocycles. The summed E-state index contributed by atoms with van der Waals surface area (Å²) in [6.07, 6.45) is 4.31. The van der Waals surface area contributed by atoms with Crippen LogP contribution in [0.1, 0.15) is 22.7 Å². The number of hydrogen-bond acceptors (Lipinski definition) is 3. The zero-order valence-corrected chi connectivity index (χ0v) is 16.8. The quantitative estimate of drug-likeness (QED) is 0.628. The van der Waals surface area contributed by atoms with E-state index in [9.17, 15) is 0 Å². The topological polar surface area (TPSA) is 32.5 Å². The first-order chi connectivity index (χ1) is 14.3. The van der Waals surface area contributed by atoms with Gasteiger partial charge in [-0.3, -0.25) is 4.90 Å². The minimum Gasteiger partial charge on any atom is -0.369 e. The third-order valence-electron chi connectivity index (χ3n) is 5.69. The number of nitrogens with two attached hydrogens (primary N) is 1. The molecule has 1 saturated heterocycles. The molecule has 4 rings (SSSR count). The monoisotopic (exact) mass is 383 g/mol. The summed E-state index contributed by atoms with van der Waals surface area (Å²) in [4.78, 5) is 4.98. The Labute approximate surface area is 174 Å². The smallest absolute Gasteiger partial charge is 0.0471 e. The van der Waals surface area contributed by atoms with Crippen LogP contribution in [0.5, 0.6) is 0 Å². The summed E-state index contributed by atoms with van der Waals surface area (Å²) in [6, 6.07) is 30.2. The van der Waals surface area contributed by atoms with Crippen molar-refractivity contribution in [1.82, 2.24) is 4.90 Å². The Hall–Kier alpha value is -2.88. The van der Waals surface area contributed by atoms with Gasteiger partial charge in [0.25, 0.3) is 0 Å². The van der Waals surface area contributed by atoms with Crippen LogP contribution in [-0.2, 0) is 0 Å². The lowest BCUT2D eigenvalue weighted by molar-refractivity contribution is 0.190. The van der Waals surface area contributed by atoms with Gasteiger partial charge in [-0.05, 0) is 28.8 Å². The number of hydrogen-bond donors (Lipinski definition) is 1. The molecule has 1 fully saturated rings. The zero-order chi connectivity index (χ0) is 19.9. The van der Waals surface area contributed by atoms with E-state index in [1.165, 1.54) is 22.4 Å². The van der Waals surface area contributed by atoms with Crippen molar-refractivity contribution in [3.05, 3.63) is 102 Å². The highest BCUT2D eigenvalue weighted by atomic mass is 15.3. The molecule has 1 aliphatic rings. The fourth-order valence-electron chi connectivity index (χ4n) is 4.01. The molecular formula is C26H29N3. The van der Waals surface area contributed by atoms with Crippen molar-refractivity contribution in [2.24, 2.45) is 5.73 Å². The molecule has 2 N–H and O–H groups in total. The summed E-state index contributed by atoms with van der Waals surface area (Å²) in [5.74, 6) is 0. The van der Waals surface area contributed by atoms with E-state index >= 15 is 0 Å². The third kappa shape index (κ3) is 4.94. The molecular weight excluding hydrogens is 354 g/mol. The van der Waals surface area contributed by atoms with Crippen LogP contribution in [0.15, 0.2) is 84.9 Å². The van der Waals surface area contributed by atoms with Crippen LogP contribution in [0.25, 0.3) is 12.2 Å². The predicted octanol–water partition coefficient (Wildman–Crippen LogP) is 4.68. The summed E-state index contributed by atoms with van der Waals surface area (Å²) in [7, 11) is 0. The lowest BCUT2D eigenvalue weighted by Gasteiger charge is -2.40. The lowest BCUT2D eigenvalue weighted by atomic mass is 10.0. The van der Waals surface area contributed by atoms with E-state index in [1.807, 2.05) is 6.07 Å². The maximum Gasteiger partial charge on any atom is 0.0471 e. The molecule has 1 unspecified atom stereocenters. The first-order valence-corrected chi connectivity index (χ1v) is 10.4. The fourth-order valence-corrected chi connectivity index (χ4v) is 4.01. The van der Waals surface area contributed by atoms with Crippen molar-refractivity contribution in [2.45, 2.75) is 6.04 Å². The van der Waals surface area contributed by atoms with Crippen molar-refractivity contribution in [3.63, 3.8) is 0 Å². The van der Waals surface area contributed by atoms with Crippen molar-refractivity contribution in [1.29, 1.82) is 0 Å².